The van der Waals surface area contributed by atoms with Crippen molar-refractivity contribution in [3.8, 4) is 6.07 Å². The Hall–Kier alpha value is -3.60. The molecule has 8 heteroatoms. The van der Waals surface area contributed by atoms with Crippen molar-refractivity contribution in [1.82, 2.24) is 10.3 Å². The summed E-state index contributed by atoms with van der Waals surface area (Å²) in [7, 11) is 0. The molecule has 3 N–H and O–H groups in total. The van der Waals surface area contributed by atoms with Gasteiger partial charge in [0.15, 0.2) is 17.5 Å². The van der Waals surface area contributed by atoms with Crippen molar-refractivity contribution >= 4 is 29.5 Å². The number of hydrogen-bond acceptors (Lipinski definition) is 6. The molecular formula is C28H34FN5O2. The first kappa shape index (κ1) is 25.5. The van der Waals surface area contributed by atoms with Crippen molar-refractivity contribution in [1.29, 1.82) is 5.26 Å². The maximum Gasteiger partial charge on any atom is 0.407 e. The maximum absolute atomic E-state index is 14.9. The molecule has 0 aliphatic heterocycles. The van der Waals surface area contributed by atoms with Gasteiger partial charge >= 0.3 is 6.09 Å². The van der Waals surface area contributed by atoms with Gasteiger partial charge in [-0.25, -0.2) is 14.2 Å². The van der Waals surface area contributed by atoms with Gasteiger partial charge in [-0.05, 0) is 82.2 Å². The van der Waals surface area contributed by atoms with Crippen molar-refractivity contribution in [3.63, 3.8) is 0 Å². The van der Waals surface area contributed by atoms with Crippen molar-refractivity contribution in [3.05, 3.63) is 52.8 Å². The van der Waals surface area contributed by atoms with Crippen LogP contribution in [0.25, 0.3) is 6.08 Å². The molecule has 0 bridgehead atoms. The average molecular weight is 492 g/mol. The van der Waals surface area contributed by atoms with E-state index in [-0.39, 0.29) is 35.2 Å². The molecule has 2 aliphatic rings. The topological polar surface area (TPSA) is 99.1 Å². The van der Waals surface area contributed by atoms with Crippen LogP contribution in [0.2, 0.25) is 0 Å². The molecule has 1 aromatic heterocycles. The Kier molecular flexibility index (Phi) is 7.21. The van der Waals surface area contributed by atoms with Crippen LogP contribution in [0, 0.1) is 23.1 Å². The first-order chi connectivity index (χ1) is 17.1. The van der Waals surface area contributed by atoms with Gasteiger partial charge in [0.1, 0.15) is 11.7 Å². The SMILES string of the molecule is CC[C@@H]1C=Cc2cc(Nc3nc(N[C@H](C)[C@@H](NC(=O)OC(C)(C)C)C4CC4)c(F)cc3C#N)ccc21. The number of rotatable bonds is 8. The molecule has 1 fully saturated rings. The number of anilines is 3. The van der Waals surface area contributed by atoms with Crippen molar-refractivity contribution < 1.29 is 13.9 Å². The molecule has 1 heterocycles. The Balaban J connectivity index is 1.52. The fourth-order valence-electron chi connectivity index (χ4n) is 4.58. The Bertz CT molecular complexity index is 1210. The fraction of sp³-hybridized carbons (Fsp3) is 0.464. The number of fused-ring (bicyclic) bond motifs is 1. The Morgan fingerprint density at radius 1 is 1.28 bits per heavy atom. The van der Waals surface area contributed by atoms with E-state index in [9.17, 15) is 14.4 Å². The predicted molar refractivity (Wildman–Crippen MR) is 140 cm³/mol. The van der Waals surface area contributed by atoms with Crippen LogP contribution in [0.1, 0.15) is 76.5 Å². The molecule has 0 unspecified atom stereocenters. The molecule has 4 rings (SSSR count). The first-order valence-corrected chi connectivity index (χ1v) is 12.5. The second kappa shape index (κ2) is 10.2. The summed E-state index contributed by atoms with van der Waals surface area (Å²) < 4.78 is 20.3. The number of nitrogens with zero attached hydrogens (tertiary/aromatic N) is 2. The maximum atomic E-state index is 14.9. The first-order valence-electron chi connectivity index (χ1n) is 12.5. The third kappa shape index (κ3) is 5.96. The van der Waals surface area contributed by atoms with E-state index in [0.717, 1.165) is 30.5 Å². The molecule has 1 aromatic carbocycles. The predicted octanol–water partition coefficient (Wildman–Crippen LogP) is 6.46. The van der Waals surface area contributed by atoms with Crippen LogP contribution in [0.15, 0.2) is 30.3 Å². The number of benzene rings is 1. The lowest BCUT2D eigenvalue weighted by molar-refractivity contribution is 0.0493. The van der Waals surface area contributed by atoms with E-state index < -0.39 is 17.5 Å². The highest BCUT2D eigenvalue weighted by Gasteiger charge is 2.37. The van der Waals surface area contributed by atoms with Gasteiger partial charge in [0.25, 0.3) is 0 Å². The lowest BCUT2D eigenvalue weighted by atomic mass is 9.98. The van der Waals surface area contributed by atoms with E-state index in [1.54, 1.807) is 0 Å². The van der Waals surface area contributed by atoms with Gasteiger partial charge in [0.2, 0.25) is 0 Å². The van der Waals surface area contributed by atoms with Gasteiger partial charge in [0, 0.05) is 17.6 Å². The molecule has 1 saturated carbocycles. The zero-order valence-electron chi connectivity index (χ0n) is 21.5. The molecule has 190 valence electrons. The molecule has 0 saturated heterocycles. The van der Waals surface area contributed by atoms with E-state index in [2.05, 4.69) is 46.1 Å². The molecule has 3 atom stereocenters. The second-order valence-electron chi connectivity index (χ2n) is 10.6. The number of halogens is 1. The highest BCUT2D eigenvalue weighted by Crippen LogP contribution is 2.36. The zero-order chi connectivity index (χ0) is 26.0. The second-order valence-corrected chi connectivity index (χ2v) is 10.6. The molecule has 1 amide bonds. The van der Waals surface area contributed by atoms with E-state index >= 15 is 0 Å². The molecule has 0 radical (unpaired) electrons. The van der Waals surface area contributed by atoms with Crippen LogP contribution in [0.5, 0.6) is 0 Å². The molecule has 7 nitrogen and oxygen atoms in total. The Morgan fingerprint density at radius 3 is 2.67 bits per heavy atom. The van der Waals surface area contributed by atoms with Gasteiger partial charge < -0.3 is 20.7 Å². The fourth-order valence-corrected chi connectivity index (χ4v) is 4.58. The minimum Gasteiger partial charge on any atom is -0.444 e. The van der Waals surface area contributed by atoms with Crippen LogP contribution in [0.4, 0.5) is 26.5 Å². The average Bonchev–Trinajstić information content (AvgIpc) is 3.57. The largest absolute Gasteiger partial charge is 0.444 e. The van der Waals surface area contributed by atoms with Crippen LogP contribution in [-0.4, -0.2) is 28.8 Å². The number of carbonyl (C=O) groups is 1. The Morgan fingerprint density at radius 2 is 2.03 bits per heavy atom. The standard InChI is InChI=1S/C28H34FN5O2/c1-6-17-7-10-19-13-21(11-12-22(17)19)32-25-20(15-30)14-23(29)26(34-25)31-16(2)24(18-8-9-18)33-27(35)36-28(3,4)5/h7,10-14,16-18,24H,6,8-9H2,1-5H3,(H,33,35)(H2,31,32,34)/t16-,17-,24-/m1/s1. The number of allylic oxidation sites excluding steroid dienone is 1. The number of nitrogens with one attached hydrogen (secondary N) is 3. The number of carbonyl (C=O) groups excluding carboxylic acids is 1. The number of aromatic nitrogens is 1. The summed E-state index contributed by atoms with van der Waals surface area (Å²) in [5.74, 6) is 0.362. The molecular weight excluding hydrogens is 457 g/mol. The number of hydrogen-bond donors (Lipinski definition) is 3. The summed E-state index contributed by atoms with van der Waals surface area (Å²) in [6.45, 7) is 9.47. The molecule has 2 aliphatic carbocycles. The monoisotopic (exact) mass is 491 g/mol. The summed E-state index contributed by atoms with van der Waals surface area (Å²) in [4.78, 5) is 16.8. The van der Waals surface area contributed by atoms with Gasteiger partial charge in [-0.3, -0.25) is 0 Å². The normalized spacial score (nSPS) is 18.1. The molecule has 36 heavy (non-hydrogen) atoms. The summed E-state index contributed by atoms with van der Waals surface area (Å²) >= 11 is 0. The summed E-state index contributed by atoms with van der Waals surface area (Å²) in [5, 5.41) is 18.8. The minimum atomic E-state index is -0.626. The number of ether oxygens (including phenoxy) is 1. The number of nitriles is 1. The molecule has 0 spiro atoms. The summed E-state index contributed by atoms with van der Waals surface area (Å²) in [6.07, 6.45) is 6.78. The van der Waals surface area contributed by atoms with E-state index in [1.165, 1.54) is 11.6 Å². The van der Waals surface area contributed by atoms with Gasteiger partial charge in [-0.1, -0.05) is 25.1 Å². The number of amides is 1. The van der Waals surface area contributed by atoms with E-state index in [0.29, 0.717) is 5.92 Å². The van der Waals surface area contributed by atoms with E-state index in [4.69, 9.17) is 4.74 Å². The summed E-state index contributed by atoms with van der Waals surface area (Å²) in [6, 6.07) is 8.67. The molecule has 2 aromatic rings. The lowest BCUT2D eigenvalue weighted by Crippen LogP contribution is -2.48. The van der Waals surface area contributed by atoms with Crippen LogP contribution in [-0.2, 0) is 4.74 Å². The minimum absolute atomic E-state index is 0.0211. The van der Waals surface area contributed by atoms with Gasteiger partial charge in [-0.15, -0.1) is 0 Å². The van der Waals surface area contributed by atoms with Crippen LogP contribution in [0.3, 0.4) is 0 Å². The third-order valence-corrected chi connectivity index (χ3v) is 6.51. The number of alkyl carbamates (subject to hydrolysis) is 1. The lowest BCUT2D eigenvalue weighted by Gasteiger charge is -2.28. The van der Waals surface area contributed by atoms with Gasteiger partial charge in [-0.2, -0.15) is 5.26 Å². The van der Waals surface area contributed by atoms with Crippen molar-refractivity contribution in [2.45, 2.75) is 77.5 Å². The van der Waals surface area contributed by atoms with Crippen LogP contribution >= 0.6 is 0 Å². The quantitative estimate of drug-likeness (QED) is 0.392. The van der Waals surface area contributed by atoms with Crippen LogP contribution < -0.4 is 16.0 Å². The van der Waals surface area contributed by atoms with E-state index in [1.807, 2.05) is 45.9 Å². The third-order valence-electron chi connectivity index (χ3n) is 6.51. The van der Waals surface area contributed by atoms with Crippen molar-refractivity contribution in [2.75, 3.05) is 10.6 Å². The smallest absolute Gasteiger partial charge is 0.407 e. The summed E-state index contributed by atoms with van der Waals surface area (Å²) in [5.41, 5.74) is 2.67. The highest BCUT2D eigenvalue weighted by molar-refractivity contribution is 5.72. The van der Waals surface area contributed by atoms with Crippen molar-refractivity contribution in [2.24, 2.45) is 5.92 Å². The van der Waals surface area contributed by atoms with Gasteiger partial charge in [0.05, 0.1) is 11.6 Å². The Labute approximate surface area is 212 Å². The highest BCUT2D eigenvalue weighted by atomic mass is 19.1. The zero-order valence-corrected chi connectivity index (χ0v) is 21.5. The number of pyridine rings is 1.